The molecular formula is C42H84NO9P. The molecule has 10 nitrogen and oxygen atoms in total. The third-order valence-electron chi connectivity index (χ3n) is 9.59. The van der Waals surface area contributed by atoms with Crippen molar-refractivity contribution in [3.8, 4) is 0 Å². The van der Waals surface area contributed by atoms with E-state index in [-0.39, 0.29) is 44.7 Å². The normalized spacial score (nSPS) is 12.5. The van der Waals surface area contributed by atoms with E-state index in [1.54, 1.807) is 0 Å². The van der Waals surface area contributed by atoms with Crippen LogP contribution in [0.5, 0.6) is 0 Å². The summed E-state index contributed by atoms with van der Waals surface area (Å²) in [4.78, 5) is 47.8. The smallest absolute Gasteiger partial charge is 0.0654 e. The average Bonchev–Trinajstić information content (AvgIpc) is 3.15. The molecule has 0 aromatic rings. The van der Waals surface area contributed by atoms with Crippen molar-refractivity contribution in [3.05, 3.63) is 0 Å². The van der Waals surface area contributed by atoms with E-state index in [9.17, 15) is 19.3 Å². The number of ether oxygens (including phenoxy) is 2. The minimum absolute atomic E-state index is 0.0103. The van der Waals surface area contributed by atoms with Crippen molar-refractivity contribution in [1.29, 1.82) is 0 Å². The van der Waals surface area contributed by atoms with Gasteiger partial charge in [0.15, 0.2) is 0 Å². The Hall–Kier alpha value is -1.32. The minimum atomic E-state index is -4.08. The number of carbonyl (C=O) groups is 3. The van der Waals surface area contributed by atoms with Gasteiger partial charge in [0.05, 0.1) is 0 Å². The zero-order chi connectivity index (χ0) is 39.1. The van der Waals surface area contributed by atoms with E-state index in [2.05, 4.69) is 19.2 Å². The van der Waals surface area contributed by atoms with Crippen LogP contribution >= 0.6 is 8.17 Å². The Morgan fingerprint density at radius 3 is 1.36 bits per heavy atom. The molecule has 0 radical (unpaired) electrons. The molecule has 53 heavy (non-hydrogen) atoms. The van der Waals surface area contributed by atoms with Gasteiger partial charge in [-0.3, -0.25) is 0 Å². The first-order valence-electron chi connectivity index (χ1n) is 22.0. The van der Waals surface area contributed by atoms with Crippen LogP contribution in [0.1, 0.15) is 213 Å². The fourth-order valence-electron chi connectivity index (χ4n) is 6.24. The monoisotopic (exact) mass is 778 g/mol. The number of nitrogens with one attached hydrogen (secondary N) is 1. The number of amides is 1. The van der Waals surface area contributed by atoms with Crippen LogP contribution in [0.15, 0.2) is 0 Å². The second-order valence-corrected chi connectivity index (χ2v) is 16.8. The summed E-state index contributed by atoms with van der Waals surface area (Å²) in [6.45, 7) is 6.17. The molecule has 2 N–H and O–H groups in total. The summed E-state index contributed by atoms with van der Waals surface area (Å²) >= 11 is 0. The van der Waals surface area contributed by atoms with Crippen molar-refractivity contribution in [2.75, 3.05) is 33.5 Å². The van der Waals surface area contributed by atoms with Gasteiger partial charge in [-0.05, 0) is 0 Å². The summed E-state index contributed by atoms with van der Waals surface area (Å²) in [7, 11) is -2.81. The fourth-order valence-corrected chi connectivity index (χ4v) is 7.31. The van der Waals surface area contributed by atoms with Crippen LogP contribution in [0.4, 0.5) is 0 Å². The summed E-state index contributed by atoms with van der Waals surface area (Å²) in [6.07, 6.45) is 32.6. The topological polar surface area (TPSA) is 130 Å². The molecule has 0 aromatic heterocycles. The van der Waals surface area contributed by atoms with Crippen molar-refractivity contribution in [3.63, 3.8) is 0 Å². The number of rotatable bonds is 41. The first-order valence-corrected chi connectivity index (χ1v) is 23.6. The Morgan fingerprint density at radius 2 is 0.943 bits per heavy atom. The van der Waals surface area contributed by atoms with E-state index in [1.807, 2.05) is 6.92 Å². The third kappa shape index (κ3) is 36.1. The zero-order valence-corrected chi connectivity index (χ0v) is 35.8. The number of esters is 2. The molecule has 0 aliphatic heterocycles. The second-order valence-electron chi connectivity index (χ2n) is 14.8. The first kappa shape index (κ1) is 51.7. The minimum Gasteiger partial charge on any atom is -0.0654 e. The molecule has 0 fully saturated rings. The second kappa shape index (κ2) is 38.9. The predicted octanol–water partition coefficient (Wildman–Crippen LogP) is 11.4. The van der Waals surface area contributed by atoms with E-state index in [0.29, 0.717) is 12.8 Å². The van der Waals surface area contributed by atoms with Crippen LogP contribution in [-0.4, -0.2) is 62.3 Å². The van der Waals surface area contributed by atoms with Gasteiger partial charge in [-0.15, -0.1) is 0 Å². The summed E-state index contributed by atoms with van der Waals surface area (Å²) in [6, 6.07) is 0. The van der Waals surface area contributed by atoms with Crippen molar-refractivity contribution in [2.24, 2.45) is 0 Å². The van der Waals surface area contributed by atoms with E-state index < -0.39 is 20.2 Å². The van der Waals surface area contributed by atoms with Gasteiger partial charge in [0, 0.05) is 0 Å². The van der Waals surface area contributed by atoms with Crippen molar-refractivity contribution >= 4 is 26.0 Å². The molecule has 0 saturated heterocycles. The van der Waals surface area contributed by atoms with Crippen molar-refractivity contribution in [1.82, 2.24) is 5.32 Å². The molecule has 0 aliphatic carbocycles. The Balaban J connectivity index is 4.52. The molecule has 1 unspecified atom stereocenters. The number of hydrogen-bond acceptors (Lipinski definition) is 9. The van der Waals surface area contributed by atoms with Gasteiger partial charge >= 0.3 is 216 Å². The summed E-state index contributed by atoms with van der Waals surface area (Å²) in [5, 5.41) is 2.71. The molecular weight excluding hydrogens is 693 g/mol. The van der Waals surface area contributed by atoms with E-state index in [0.717, 1.165) is 44.9 Å². The van der Waals surface area contributed by atoms with Gasteiger partial charge in [-0.25, -0.2) is 0 Å². The van der Waals surface area contributed by atoms with Crippen LogP contribution < -0.4 is 5.32 Å². The van der Waals surface area contributed by atoms with Crippen LogP contribution in [0.3, 0.4) is 0 Å². The Labute approximate surface area is 326 Å². The quantitative estimate of drug-likeness (QED) is 0.0354. The maximum atomic E-state index is 12.8. The van der Waals surface area contributed by atoms with Gasteiger partial charge < -0.3 is 0 Å². The van der Waals surface area contributed by atoms with E-state index >= 15 is 0 Å². The Kier molecular flexibility index (Phi) is 38.0. The summed E-state index contributed by atoms with van der Waals surface area (Å²) < 4.78 is 27.4. The molecule has 0 saturated carbocycles. The molecule has 1 amide bonds. The van der Waals surface area contributed by atoms with Gasteiger partial charge in [-0.1, -0.05) is 110 Å². The van der Waals surface area contributed by atoms with Crippen molar-refractivity contribution < 1.29 is 42.3 Å². The van der Waals surface area contributed by atoms with Gasteiger partial charge in [0.2, 0.25) is 0 Å². The molecule has 316 valence electrons. The molecule has 0 aliphatic rings. The summed E-state index contributed by atoms with van der Waals surface area (Å²) in [5.41, 5.74) is 0. The molecule has 0 bridgehead atoms. The van der Waals surface area contributed by atoms with Gasteiger partial charge in [-0.2, -0.15) is 0 Å². The molecule has 1 atom stereocenters. The molecule has 0 aromatic carbocycles. The predicted molar refractivity (Wildman–Crippen MR) is 219 cm³/mol. The van der Waals surface area contributed by atoms with Crippen LogP contribution in [0.25, 0.3) is 0 Å². The molecule has 0 heterocycles. The van der Waals surface area contributed by atoms with Gasteiger partial charge in [0.25, 0.3) is 0 Å². The fraction of sp³-hybridized carbons (Fsp3) is 0.929. The Morgan fingerprint density at radius 1 is 0.528 bits per heavy atom. The van der Waals surface area contributed by atoms with Gasteiger partial charge in [0.1, 0.15) is 0 Å². The molecule has 0 rings (SSSR count). The van der Waals surface area contributed by atoms with Crippen LogP contribution in [0.2, 0.25) is 0 Å². The number of unbranched alkanes of at least 4 members (excludes halogenated alkanes) is 24. The molecule has 0 spiro atoms. The zero-order valence-electron chi connectivity index (χ0n) is 34.8. The number of carbonyl (C=O) groups excluding carboxylic acids is 3. The van der Waals surface area contributed by atoms with E-state index in [1.165, 1.54) is 136 Å². The first-order chi connectivity index (χ1) is 25.8. The molecule has 11 heteroatoms. The third-order valence-corrected chi connectivity index (χ3v) is 11.2. The van der Waals surface area contributed by atoms with Crippen LogP contribution in [-0.2, 0) is 37.4 Å². The maximum absolute atomic E-state index is 12.8. The average molecular weight is 778 g/mol. The SMILES string of the molecule is CCCCCCCCCCCCCCCC(=O)OCC(CO[PH](O)(OC)OCCNC(=O)CCC)OC(=O)CCCCCCCCCCCCCCC. The summed E-state index contributed by atoms with van der Waals surface area (Å²) in [5.74, 6) is -0.837. The van der Waals surface area contributed by atoms with Crippen molar-refractivity contribution in [2.45, 2.75) is 219 Å². The Bertz CT molecular complexity index is 849. The van der Waals surface area contributed by atoms with E-state index in [4.69, 9.17) is 23.0 Å². The standard InChI is InChI=1S/C42H84NO9P/c1-5-8-10-12-14-16-18-20-22-24-26-28-30-33-41(45)49-37-39(38-51-53(47,48-4)50-36-35-43-40(44)32-7-3)52-42(46)34-31-29-27-25-23-21-19-17-15-13-11-9-6-2/h39,47,53H,5-38H2,1-4H3,(H,43,44). The van der Waals surface area contributed by atoms with Crippen LogP contribution in [0, 0.1) is 0 Å². The number of hydrogen-bond donors (Lipinski definition) is 2.